The molecule has 0 aromatic carbocycles. The van der Waals surface area contributed by atoms with Crippen LogP contribution in [0.15, 0.2) is 12.1 Å². The van der Waals surface area contributed by atoms with Crippen molar-refractivity contribution in [2.75, 3.05) is 0 Å². The maximum atomic E-state index is 9.33. The van der Waals surface area contributed by atoms with Crippen molar-refractivity contribution in [2.45, 2.75) is 57.8 Å². The number of hydrogen-bond acceptors (Lipinski definition) is 5. The van der Waals surface area contributed by atoms with Crippen LogP contribution in [0.2, 0.25) is 0 Å². The summed E-state index contributed by atoms with van der Waals surface area (Å²) < 4.78 is 17.6. The Hall–Kier alpha value is -1.58. The third-order valence-corrected chi connectivity index (χ3v) is 4.33. The molecular formula is C15H19BN2O3. The number of rotatable bonds is 3. The fourth-order valence-electron chi connectivity index (χ4n) is 2.12. The van der Waals surface area contributed by atoms with Crippen LogP contribution in [-0.2, 0) is 9.31 Å². The highest BCUT2D eigenvalue weighted by Crippen LogP contribution is 2.36. The zero-order chi connectivity index (χ0) is 15.3. The number of nitriles is 1. The van der Waals surface area contributed by atoms with E-state index >= 15 is 0 Å². The van der Waals surface area contributed by atoms with Gasteiger partial charge in [-0.2, -0.15) is 5.26 Å². The first kappa shape index (κ1) is 14.4. The lowest BCUT2D eigenvalue weighted by Crippen LogP contribution is -2.41. The zero-order valence-electron chi connectivity index (χ0n) is 12.8. The SMILES string of the molecule is CC1(C)OB(c2ccc(OC3CC3)nc2C#N)OC1(C)C. The topological polar surface area (TPSA) is 64.4 Å². The van der Waals surface area contributed by atoms with Crippen molar-refractivity contribution in [1.29, 1.82) is 5.26 Å². The smallest absolute Gasteiger partial charge is 0.474 e. The van der Waals surface area contributed by atoms with E-state index in [9.17, 15) is 5.26 Å². The van der Waals surface area contributed by atoms with Gasteiger partial charge in [0.1, 0.15) is 17.9 Å². The van der Waals surface area contributed by atoms with Gasteiger partial charge in [-0.05, 0) is 40.5 Å². The lowest BCUT2D eigenvalue weighted by molar-refractivity contribution is 0.00578. The van der Waals surface area contributed by atoms with Gasteiger partial charge in [0, 0.05) is 11.5 Å². The van der Waals surface area contributed by atoms with Crippen LogP contribution in [0.25, 0.3) is 0 Å². The summed E-state index contributed by atoms with van der Waals surface area (Å²) in [5.41, 5.74) is 0.0761. The van der Waals surface area contributed by atoms with Crippen LogP contribution in [-0.4, -0.2) is 29.4 Å². The van der Waals surface area contributed by atoms with Gasteiger partial charge in [0.2, 0.25) is 5.88 Å². The molecule has 0 bridgehead atoms. The fraction of sp³-hybridized carbons (Fsp3) is 0.600. The van der Waals surface area contributed by atoms with E-state index in [1.807, 2.05) is 33.8 Å². The number of aromatic nitrogens is 1. The highest BCUT2D eigenvalue weighted by Gasteiger charge is 2.52. The van der Waals surface area contributed by atoms with E-state index in [1.165, 1.54) is 0 Å². The monoisotopic (exact) mass is 286 g/mol. The molecule has 2 aliphatic rings. The molecule has 110 valence electrons. The second-order valence-electron chi connectivity index (χ2n) is 6.60. The van der Waals surface area contributed by atoms with E-state index < -0.39 is 18.3 Å². The molecule has 0 unspecified atom stereocenters. The Morgan fingerprint density at radius 2 is 1.86 bits per heavy atom. The molecule has 2 fully saturated rings. The van der Waals surface area contributed by atoms with Crippen LogP contribution in [0.5, 0.6) is 5.88 Å². The van der Waals surface area contributed by atoms with Gasteiger partial charge in [0.25, 0.3) is 0 Å². The normalized spacial score (nSPS) is 22.9. The van der Waals surface area contributed by atoms with Crippen molar-refractivity contribution in [1.82, 2.24) is 4.98 Å². The molecule has 1 aromatic rings. The average Bonchev–Trinajstić information content (AvgIpc) is 3.17. The first-order valence-electron chi connectivity index (χ1n) is 7.26. The molecule has 0 N–H and O–H groups in total. The molecule has 21 heavy (non-hydrogen) atoms. The summed E-state index contributed by atoms with van der Waals surface area (Å²) in [5, 5.41) is 9.33. The quantitative estimate of drug-likeness (QED) is 0.793. The molecule has 3 rings (SSSR count). The van der Waals surface area contributed by atoms with Crippen LogP contribution in [0.4, 0.5) is 0 Å². The van der Waals surface area contributed by atoms with Crippen molar-refractivity contribution in [3.05, 3.63) is 17.8 Å². The van der Waals surface area contributed by atoms with E-state index in [0.717, 1.165) is 12.8 Å². The van der Waals surface area contributed by atoms with Crippen molar-refractivity contribution in [3.8, 4) is 11.9 Å². The van der Waals surface area contributed by atoms with Gasteiger partial charge in [-0.3, -0.25) is 0 Å². The molecule has 2 heterocycles. The largest absolute Gasteiger partial charge is 0.497 e. The third kappa shape index (κ3) is 2.64. The maximum absolute atomic E-state index is 9.33. The zero-order valence-corrected chi connectivity index (χ0v) is 12.8. The molecule has 1 aromatic heterocycles. The van der Waals surface area contributed by atoms with Crippen LogP contribution in [0.1, 0.15) is 46.2 Å². The van der Waals surface area contributed by atoms with Crippen molar-refractivity contribution < 1.29 is 14.0 Å². The molecule has 1 saturated carbocycles. The number of ether oxygens (including phenoxy) is 1. The van der Waals surface area contributed by atoms with Crippen LogP contribution in [0, 0.1) is 11.3 Å². The molecule has 5 nitrogen and oxygen atoms in total. The van der Waals surface area contributed by atoms with Crippen molar-refractivity contribution in [2.24, 2.45) is 0 Å². The Balaban J connectivity index is 1.87. The summed E-state index contributed by atoms with van der Waals surface area (Å²) >= 11 is 0. The first-order valence-corrected chi connectivity index (χ1v) is 7.26. The molecule has 0 spiro atoms. The van der Waals surface area contributed by atoms with E-state index in [2.05, 4.69) is 11.1 Å². The summed E-state index contributed by atoms with van der Waals surface area (Å²) in [6, 6.07) is 5.70. The minimum atomic E-state index is -0.577. The van der Waals surface area contributed by atoms with Crippen molar-refractivity contribution >= 4 is 12.6 Å². The summed E-state index contributed by atoms with van der Waals surface area (Å²) in [6.07, 6.45) is 2.37. The maximum Gasteiger partial charge on any atom is 0.497 e. The van der Waals surface area contributed by atoms with Gasteiger partial charge >= 0.3 is 7.12 Å². The predicted molar refractivity (Wildman–Crippen MR) is 78.3 cm³/mol. The summed E-state index contributed by atoms with van der Waals surface area (Å²) in [5.74, 6) is 0.495. The molecule has 0 radical (unpaired) electrons. The van der Waals surface area contributed by atoms with Gasteiger partial charge < -0.3 is 14.0 Å². The van der Waals surface area contributed by atoms with Gasteiger partial charge in [-0.25, -0.2) is 4.98 Å². The van der Waals surface area contributed by atoms with E-state index in [4.69, 9.17) is 14.0 Å². The Kier molecular flexibility index (Phi) is 3.23. The van der Waals surface area contributed by atoms with E-state index in [0.29, 0.717) is 17.0 Å². The highest BCUT2D eigenvalue weighted by atomic mass is 16.7. The standard InChI is InChI=1S/C15H19BN2O3/c1-14(2)15(3,4)21-16(20-14)11-7-8-13(18-12(11)9-17)19-10-5-6-10/h7-8,10H,5-6H2,1-4H3. The molecule has 6 heteroatoms. The van der Waals surface area contributed by atoms with Crippen LogP contribution in [0.3, 0.4) is 0 Å². The molecular weight excluding hydrogens is 267 g/mol. The second-order valence-corrected chi connectivity index (χ2v) is 6.60. The summed E-state index contributed by atoms with van der Waals surface area (Å²) in [6.45, 7) is 7.93. The van der Waals surface area contributed by atoms with Gasteiger partial charge in [0.05, 0.1) is 11.2 Å². The Bertz CT molecular complexity index is 589. The Morgan fingerprint density at radius 3 is 2.38 bits per heavy atom. The molecule has 0 amide bonds. The second kappa shape index (κ2) is 4.72. The number of nitrogens with zero attached hydrogens (tertiary/aromatic N) is 2. The fourth-order valence-corrected chi connectivity index (χ4v) is 2.12. The van der Waals surface area contributed by atoms with Crippen LogP contribution >= 0.6 is 0 Å². The van der Waals surface area contributed by atoms with Crippen LogP contribution < -0.4 is 10.2 Å². The third-order valence-electron chi connectivity index (χ3n) is 4.33. The lowest BCUT2D eigenvalue weighted by atomic mass is 9.78. The molecule has 1 aliphatic heterocycles. The van der Waals surface area contributed by atoms with Gasteiger partial charge in [0.15, 0.2) is 0 Å². The number of hydrogen-bond donors (Lipinski definition) is 0. The lowest BCUT2D eigenvalue weighted by Gasteiger charge is -2.32. The van der Waals surface area contributed by atoms with E-state index in [-0.39, 0.29) is 6.10 Å². The highest BCUT2D eigenvalue weighted by molar-refractivity contribution is 6.62. The van der Waals surface area contributed by atoms with Crippen molar-refractivity contribution in [3.63, 3.8) is 0 Å². The predicted octanol–water partition coefficient (Wildman–Crippen LogP) is 1.79. The summed E-state index contributed by atoms with van der Waals surface area (Å²) in [7, 11) is -0.577. The Morgan fingerprint density at radius 1 is 1.24 bits per heavy atom. The minimum absolute atomic E-state index is 0.256. The molecule has 1 saturated heterocycles. The summed E-state index contributed by atoms with van der Waals surface area (Å²) in [4.78, 5) is 4.27. The first-order chi connectivity index (χ1) is 9.82. The molecule has 1 aliphatic carbocycles. The molecule has 0 atom stereocenters. The van der Waals surface area contributed by atoms with Gasteiger partial charge in [-0.1, -0.05) is 6.07 Å². The average molecular weight is 286 g/mol. The number of pyridine rings is 1. The minimum Gasteiger partial charge on any atom is -0.474 e. The van der Waals surface area contributed by atoms with E-state index in [1.54, 1.807) is 6.07 Å². The van der Waals surface area contributed by atoms with Gasteiger partial charge in [-0.15, -0.1) is 0 Å². The Labute approximate surface area is 125 Å².